The quantitative estimate of drug-likeness (QED) is 0.550. The van der Waals surface area contributed by atoms with Crippen molar-refractivity contribution in [2.24, 2.45) is 17.3 Å². The van der Waals surface area contributed by atoms with Gasteiger partial charge >= 0.3 is 11.9 Å². The van der Waals surface area contributed by atoms with Crippen LogP contribution in [0.2, 0.25) is 0 Å². The van der Waals surface area contributed by atoms with Crippen LogP contribution in [0.1, 0.15) is 46.0 Å². The van der Waals surface area contributed by atoms with Crippen molar-refractivity contribution >= 4 is 11.9 Å². The van der Waals surface area contributed by atoms with Crippen LogP contribution in [0.4, 0.5) is 0 Å². The normalized spacial score (nSPS) is 25.4. The molecule has 4 nitrogen and oxygen atoms in total. The van der Waals surface area contributed by atoms with Crippen molar-refractivity contribution in [2.45, 2.75) is 46.0 Å². The molecule has 1 saturated carbocycles. The predicted molar refractivity (Wildman–Crippen MR) is 63.5 cm³/mol. The third kappa shape index (κ3) is 3.72. The Hall–Kier alpha value is -1.06. The van der Waals surface area contributed by atoms with Gasteiger partial charge in [-0.15, -0.1) is 0 Å². The third-order valence-electron chi connectivity index (χ3n) is 4.06. The van der Waals surface area contributed by atoms with Crippen LogP contribution >= 0.6 is 0 Å². The number of esters is 1. The van der Waals surface area contributed by atoms with E-state index in [2.05, 4.69) is 18.6 Å². The molecule has 1 aliphatic rings. The fourth-order valence-corrected chi connectivity index (χ4v) is 2.76. The molecule has 4 heteroatoms. The average molecular weight is 242 g/mol. The van der Waals surface area contributed by atoms with Gasteiger partial charge in [0.05, 0.1) is 7.11 Å². The Morgan fingerprint density at radius 2 is 1.88 bits per heavy atom. The van der Waals surface area contributed by atoms with E-state index >= 15 is 0 Å². The summed E-state index contributed by atoms with van der Waals surface area (Å²) in [5.74, 6) is -0.0725. The van der Waals surface area contributed by atoms with Gasteiger partial charge < -0.3 is 9.84 Å². The highest BCUT2D eigenvalue weighted by atomic mass is 16.5. The first-order valence-corrected chi connectivity index (χ1v) is 6.18. The van der Waals surface area contributed by atoms with E-state index in [0.717, 1.165) is 19.3 Å². The summed E-state index contributed by atoms with van der Waals surface area (Å²) in [4.78, 5) is 21.6. The van der Waals surface area contributed by atoms with E-state index in [0.29, 0.717) is 18.3 Å². The molecule has 0 saturated heterocycles. The zero-order valence-electron chi connectivity index (χ0n) is 10.9. The van der Waals surface area contributed by atoms with E-state index in [-0.39, 0.29) is 17.8 Å². The lowest BCUT2D eigenvalue weighted by Crippen LogP contribution is -2.00. The molecule has 0 heterocycles. The second-order valence-corrected chi connectivity index (χ2v) is 5.45. The van der Waals surface area contributed by atoms with Crippen LogP contribution in [-0.2, 0) is 14.3 Å². The van der Waals surface area contributed by atoms with E-state index in [1.54, 1.807) is 0 Å². The van der Waals surface area contributed by atoms with Gasteiger partial charge in [0.2, 0.25) is 0 Å². The highest BCUT2D eigenvalue weighted by Crippen LogP contribution is 2.62. The van der Waals surface area contributed by atoms with Crippen LogP contribution in [0, 0.1) is 17.3 Å². The Bertz CT molecular complexity index is 296. The van der Waals surface area contributed by atoms with Crippen LogP contribution in [-0.4, -0.2) is 24.2 Å². The van der Waals surface area contributed by atoms with E-state index in [9.17, 15) is 9.59 Å². The number of hydrogen-bond donors (Lipinski definition) is 1. The first-order valence-electron chi connectivity index (χ1n) is 6.18. The maximum Gasteiger partial charge on any atom is 0.305 e. The zero-order valence-corrected chi connectivity index (χ0v) is 10.9. The fraction of sp³-hybridized carbons (Fsp3) is 0.846. The van der Waals surface area contributed by atoms with Crippen molar-refractivity contribution in [1.82, 2.24) is 0 Å². The third-order valence-corrected chi connectivity index (χ3v) is 4.06. The molecule has 0 aromatic carbocycles. The number of unbranched alkanes of at least 4 members (excludes halogenated alkanes) is 1. The maximum absolute atomic E-state index is 10.9. The molecular weight excluding hydrogens is 220 g/mol. The number of carboxylic acids is 1. The molecule has 17 heavy (non-hydrogen) atoms. The predicted octanol–water partition coefficient (Wildman–Crippen LogP) is 2.47. The van der Waals surface area contributed by atoms with E-state index in [1.165, 1.54) is 7.11 Å². The van der Waals surface area contributed by atoms with Crippen molar-refractivity contribution in [2.75, 3.05) is 7.11 Å². The second kappa shape index (κ2) is 5.52. The van der Waals surface area contributed by atoms with Gasteiger partial charge in [-0.05, 0) is 30.1 Å². The van der Waals surface area contributed by atoms with Crippen molar-refractivity contribution in [1.29, 1.82) is 0 Å². The van der Waals surface area contributed by atoms with Gasteiger partial charge in [0.15, 0.2) is 0 Å². The Labute approximate surface area is 102 Å². The Kier molecular flexibility index (Phi) is 4.54. The summed E-state index contributed by atoms with van der Waals surface area (Å²) < 4.78 is 4.57. The number of carbonyl (C=O) groups excluding carboxylic acids is 1. The topological polar surface area (TPSA) is 63.6 Å². The molecular formula is C13H22O4. The lowest BCUT2D eigenvalue weighted by Gasteiger charge is -2.02. The van der Waals surface area contributed by atoms with Gasteiger partial charge in [0.1, 0.15) is 0 Å². The average Bonchev–Trinajstić information content (AvgIpc) is 2.74. The largest absolute Gasteiger partial charge is 0.481 e. The SMILES string of the molecule is COC(=O)CCCCC1C(CC(=O)O)C1(C)C. The summed E-state index contributed by atoms with van der Waals surface area (Å²) in [7, 11) is 1.40. The Balaban J connectivity index is 2.20. The standard InChI is InChI=1S/C13H22O4/c1-13(2)9(10(13)8-11(14)15)6-4-5-7-12(16)17-3/h9-10H,4-8H2,1-3H3,(H,14,15). The molecule has 1 N–H and O–H groups in total. The van der Waals surface area contributed by atoms with Gasteiger partial charge in [0, 0.05) is 12.8 Å². The summed E-state index contributed by atoms with van der Waals surface area (Å²) in [5, 5.41) is 8.79. The van der Waals surface area contributed by atoms with Gasteiger partial charge in [0.25, 0.3) is 0 Å². The lowest BCUT2D eigenvalue weighted by molar-refractivity contribution is -0.140. The van der Waals surface area contributed by atoms with Crippen LogP contribution in [0.5, 0.6) is 0 Å². The number of rotatable bonds is 7. The summed E-state index contributed by atoms with van der Waals surface area (Å²) in [6, 6.07) is 0. The smallest absolute Gasteiger partial charge is 0.305 e. The van der Waals surface area contributed by atoms with Gasteiger partial charge in [-0.25, -0.2) is 0 Å². The fourth-order valence-electron chi connectivity index (χ4n) is 2.76. The van der Waals surface area contributed by atoms with Crippen LogP contribution in [0.3, 0.4) is 0 Å². The van der Waals surface area contributed by atoms with E-state index < -0.39 is 5.97 Å². The highest BCUT2D eigenvalue weighted by molar-refractivity contribution is 5.69. The summed E-state index contributed by atoms with van der Waals surface area (Å²) in [5.41, 5.74) is 0.156. The number of ether oxygens (including phenoxy) is 1. The molecule has 98 valence electrons. The number of carboxylic acid groups (broad SMARTS) is 1. The van der Waals surface area contributed by atoms with Crippen molar-refractivity contribution in [3.05, 3.63) is 0 Å². The second-order valence-electron chi connectivity index (χ2n) is 5.45. The molecule has 2 unspecified atom stereocenters. The van der Waals surface area contributed by atoms with E-state index in [4.69, 9.17) is 5.11 Å². The molecule has 0 aliphatic heterocycles. The van der Waals surface area contributed by atoms with Crippen molar-refractivity contribution in [3.63, 3.8) is 0 Å². The number of hydrogen-bond acceptors (Lipinski definition) is 3. The first kappa shape index (κ1) is 14.0. The highest BCUT2D eigenvalue weighted by Gasteiger charge is 2.56. The number of methoxy groups -OCH3 is 1. The summed E-state index contributed by atoms with van der Waals surface area (Å²) >= 11 is 0. The molecule has 2 atom stereocenters. The van der Waals surface area contributed by atoms with Gasteiger partial charge in [-0.2, -0.15) is 0 Å². The summed E-state index contributed by atoms with van der Waals surface area (Å²) in [6.07, 6.45) is 3.56. The monoisotopic (exact) mass is 242 g/mol. The molecule has 0 amide bonds. The zero-order chi connectivity index (χ0) is 13.1. The lowest BCUT2D eigenvalue weighted by atomic mass is 10.0. The first-order chi connectivity index (χ1) is 7.89. The number of aliphatic carboxylic acids is 1. The maximum atomic E-state index is 10.9. The van der Waals surface area contributed by atoms with Crippen LogP contribution < -0.4 is 0 Å². The van der Waals surface area contributed by atoms with Crippen molar-refractivity contribution in [3.8, 4) is 0 Å². The summed E-state index contributed by atoms with van der Waals surface area (Å²) in [6.45, 7) is 4.26. The molecule has 1 fully saturated rings. The van der Waals surface area contributed by atoms with Crippen molar-refractivity contribution < 1.29 is 19.4 Å². The Morgan fingerprint density at radius 1 is 1.24 bits per heavy atom. The Morgan fingerprint density at radius 3 is 2.41 bits per heavy atom. The minimum Gasteiger partial charge on any atom is -0.481 e. The van der Waals surface area contributed by atoms with Crippen LogP contribution in [0.15, 0.2) is 0 Å². The van der Waals surface area contributed by atoms with E-state index in [1.807, 2.05) is 0 Å². The number of carbonyl (C=O) groups is 2. The molecule has 0 radical (unpaired) electrons. The molecule has 0 aromatic rings. The minimum absolute atomic E-state index is 0.156. The molecule has 0 bridgehead atoms. The molecule has 1 aliphatic carbocycles. The van der Waals surface area contributed by atoms with Crippen LogP contribution in [0.25, 0.3) is 0 Å². The van der Waals surface area contributed by atoms with Gasteiger partial charge in [-0.3, -0.25) is 9.59 Å². The van der Waals surface area contributed by atoms with Gasteiger partial charge in [-0.1, -0.05) is 20.3 Å². The minimum atomic E-state index is -0.708. The molecule has 0 spiro atoms. The molecule has 1 rings (SSSR count). The molecule has 0 aromatic heterocycles.